The van der Waals surface area contributed by atoms with E-state index in [1.165, 1.54) is 12.3 Å². The Hall–Kier alpha value is -1.11. The molecular formula is C12H10BrClN2O2S. The highest BCUT2D eigenvalue weighted by atomic mass is 79.9. The van der Waals surface area contributed by atoms with Gasteiger partial charge in [0.15, 0.2) is 5.15 Å². The number of hydrogen-bond acceptors (Lipinski definition) is 3. The van der Waals surface area contributed by atoms with Gasteiger partial charge in [-0.2, -0.15) is 0 Å². The van der Waals surface area contributed by atoms with Crippen molar-refractivity contribution in [3.05, 3.63) is 51.7 Å². The minimum Gasteiger partial charge on any atom is -0.276 e. The van der Waals surface area contributed by atoms with Crippen LogP contribution in [0.4, 0.5) is 5.69 Å². The van der Waals surface area contributed by atoms with Crippen LogP contribution in [-0.2, 0) is 10.0 Å². The monoisotopic (exact) mass is 360 g/mol. The van der Waals surface area contributed by atoms with E-state index in [1.54, 1.807) is 18.2 Å². The van der Waals surface area contributed by atoms with E-state index < -0.39 is 10.0 Å². The molecule has 2 aromatic rings. The summed E-state index contributed by atoms with van der Waals surface area (Å²) in [4.78, 5) is 4.05. The Morgan fingerprint density at radius 2 is 2.05 bits per heavy atom. The molecule has 0 aliphatic rings. The Morgan fingerprint density at radius 1 is 1.32 bits per heavy atom. The number of halogens is 2. The predicted molar refractivity (Wildman–Crippen MR) is 78.9 cm³/mol. The zero-order valence-corrected chi connectivity index (χ0v) is 13.1. The fourth-order valence-electron chi connectivity index (χ4n) is 1.48. The zero-order chi connectivity index (χ0) is 14.0. The van der Waals surface area contributed by atoms with Gasteiger partial charge in [0.2, 0.25) is 0 Å². The summed E-state index contributed by atoms with van der Waals surface area (Å²) in [7, 11) is -3.67. The summed E-state index contributed by atoms with van der Waals surface area (Å²) in [5.41, 5.74) is 1.10. The first-order valence-corrected chi connectivity index (χ1v) is 7.94. The Kier molecular flexibility index (Phi) is 4.13. The lowest BCUT2D eigenvalue weighted by molar-refractivity contribution is 0.601. The molecule has 0 unspecified atom stereocenters. The number of pyridine rings is 1. The zero-order valence-electron chi connectivity index (χ0n) is 9.89. The van der Waals surface area contributed by atoms with Crippen molar-refractivity contribution >= 4 is 43.2 Å². The second-order valence-electron chi connectivity index (χ2n) is 3.91. The highest BCUT2D eigenvalue weighted by Crippen LogP contribution is 2.25. The van der Waals surface area contributed by atoms with E-state index in [0.717, 1.165) is 5.56 Å². The molecule has 4 nitrogen and oxygen atoms in total. The first-order valence-electron chi connectivity index (χ1n) is 5.29. The second-order valence-corrected chi connectivity index (χ2v) is 6.87. The third kappa shape index (κ3) is 3.46. The highest BCUT2D eigenvalue weighted by molar-refractivity contribution is 9.10. The molecule has 0 saturated heterocycles. The third-order valence-corrected chi connectivity index (χ3v) is 4.45. The van der Waals surface area contributed by atoms with E-state index in [1.807, 2.05) is 13.0 Å². The molecule has 19 heavy (non-hydrogen) atoms. The van der Waals surface area contributed by atoms with Crippen LogP contribution in [0.1, 0.15) is 5.56 Å². The predicted octanol–water partition coefficient (Wildman–Crippen LogP) is 3.61. The molecule has 1 aromatic heterocycles. The van der Waals surface area contributed by atoms with Gasteiger partial charge in [-0.05, 0) is 46.6 Å². The first kappa shape index (κ1) is 14.3. The van der Waals surface area contributed by atoms with E-state index in [4.69, 9.17) is 11.6 Å². The molecule has 0 fully saturated rings. The van der Waals surface area contributed by atoms with Crippen LogP contribution in [0.25, 0.3) is 0 Å². The molecule has 0 atom stereocenters. The maximum Gasteiger partial charge on any atom is 0.262 e. The number of aromatic nitrogens is 1. The fourth-order valence-corrected chi connectivity index (χ4v) is 3.18. The van der Waals surface area contributed by atoms with Crippen LogP contribution in [0, 0.1) is 6.92 Å². The number of nitrogens with zero attached hydrogens (tertiary/aromatic N) is 1. The van der Waals surface area contributed by atoms with E-state index in [2.05, 4.69) is 25.6 Å². The molecule has 0 aliphatic heterocycles. The van der Waals surface area contributed by atoms with E-state index in [-0.39, 0.29) is 15.7 Å². The molecule has 0 radical (unpaired) electrons. The summed E-state index contributed by atoms with van der Waals surface area (Å²) < 4.78 is 27.5. The fraction of sp³-hybridized carbons (Fsp3) is 0.0833. The average molecular weight is 362 g/mol. The number of benzene rings is 1. The summed E-state index contributed by atoms with van der Waals surface area (Å²) in [5, 5.41) is 0.0967. The topological polar surface area (TPSA) is 59.1 Å². The van der Waals surface area contributed by atoms with Gasteiger partial charge in [0.25, 0.3) is 10.0 Å². The van der Waals surface area contributed by atoms with Gasteiger partial charge >= 0.3 is 0 Å². The van der Waals surface area contributed by atoms with Gasteiger partial charge in [0, 0.05) is 10.7 Å². The van der Waals surface area contributed by atoms with Crippen LogP contribution < -0.4 is 4.72 Å². The molecule has 1 aromatic carbocycles. The second kappa shape index (κ2) is 5.48. The number of hydrogen-bond donors (Lipinski definition) is 1. The molecule has 1 N–H and O–H groups in total. The smallest absolute Gasteiger partial charge is 0.262 e. The molecule has 2 rings (SSSR count). The van der Waals surface area contributed by atoms with Crippen molar-refractivity contribution in [2.24, 2.45) is 0 Å². The summed E-state index contributed by atoms with van der Waals surface area (Å²) in [6.45, 7) is 1.83. The van der Waals surface area contributed by atoms with E-state index >= 15 is 0 Å². The van der Waals surface area contributed by atoms with Gasteiger partial charge in [-0.15, -0.1) is 0 Å². The quantitative estimate of drug-likeness (QED) is 0.850. The largest absolute Gasteiger partial charge is 0.276 e. The third-order valence-electron chi connectivity index (χ3n) is 2.35. The highest BCUT2D eigenvalue weighted by Gasteiger charge is 2.16. The molecule has 7 heteroatoms. The average Bonchev–Trinajstić information content (AvgIpc) is 2.33. The lowest BCUT2D eigenvalue weighted by Gasteiger charge is -2.09. The Balaban J connectivity index is 2.39. The Bertz CT molecular complexity index is 719. The summed E-state index contributed by atoms with van der Waals surface area (Å²) in [6.07, 6.45) is 1.49. The Labute approximate surface area is 125 Å². The van der Waals surface area contributed by atoms with Gasteiger partial charge in [-0.25, -0.2) is 13.4 Å². The summed E-state index contributed by atoms with van der Waals surface area (Å²) >= 11 is 9.08. The van der Waals surface area contributed by atoms with Crippen molar-refractivity contribution in [3.8, 4) is 0 Å². The molecular weight excluding hydrogens is 352 g/mol. The normalized spacial score (nSPS) is 11.3. The summed E-state index contributed by atoms with van der Waals surface area (Å²) in [6, 6.07) is 8.18. The molecule has 1 heterocycles. The van der Waals surface area contributed by atoms with Gasteiger partial charge in [0.05, 0.1) is 10.6 Å². The van der Waals surface area contributed by atoms with Crippen molar-refractivity contribution in [1.82, 2.24) is 4.98 Å². The SMILES string of the molecule is Cc1cccc(S(=O)(=O)Nc2cc(Br)cnc2Cl)c1. The number of rotatable bonds is 3. The minimum absolute atomic E-state index is 0.0967. The van der Waals surface area contributed by atoms with Crippen LogP contribution in [0.5, 0.6) is 0 Å². The van der Waals surface area contributed by atoms with E-state index in [9.17, 15) is 8.42 Å². The Morgan fingerprint density at radius 3 is 2.74 bits per heavy atom. The van der Waals surface area contributed by atoms with Crippen molar-refractivity contribution in [2.75, 3.05) is 4.72 Å². The van der Waals surface area contributed by atoms with Crippen molar-refractivity contribution in [2.45, 2.75) is 11.8 Å². The van der Waals surface area contributed by atoms with E-state index in [0.29, 0.717) is 4.47 Å². The van der Waals surface area contributed by atoms with Crippen LogP contribution in [0.15, 0.2) is 45.9 Å². The molecule has 0 bridgehead atoms. The first-order chi connectivity index (χ1) is 8.88. The maximum atomic E-state index is 12.2. The molecule has 0 saturated carbocycles. The maximum absolute atomic E-state index is 12.2. The standard InChI is InChI=1S/C12H10BrClN2O2S/c1-8-3-2-4-10(5-8)19(17,18)16-11-6-9(13)7-15-12(11)14/h2-7,16H,1H3. The van der Waals surface area contributed by atoms with Crippen molar-refractivity contribution < 1.29 is 8.42 Å². The van der Waals surface area contributed by atoms with Gasteiger partial charge < -0.3 is 0 Å². The minimum atomic E-state index is -3.67. The lowest BCUT2D eigenvalue weighted by Crippen LogP contribution is -2.13. The molecule has 0 amide bonds. The van der Waals surface area contributed by atoms with Gasteiger partial charge in [-0.3, -0.25) is 4.72 Å². The van der Waals surface area contributed by atoms with Gasteiger partial charge in [-0.1, -0.05) is 23.7 Å². The van der Waals surface area contributed by atoms with Gasteiger partial charge in [0.1, 0.15) is 0 Å². The van der Waals surface area contributed by atoms with Crippen molar-refractivity contribution in [1.29, 1.82) is 0 Å². The molecule has 100 valence electrons. The van der Waals surface area contributed by atoms with Crippen LogP contribution in [-0.4, -0.2) is 13.4 Å². The number of anilines is 1. The summed E-state index contributed by atoms with van der Waals surface area (Å²) in [5.74, 6) is 0. The van der Waals surface area contributed by atoms with Crippen LogP contribution in [0.3, 0.4) is 0 Å². The van der Waals surface area contributed by atoms with Crippen LogP contribution in [0.2, 0.25) is 5.15 Å². The van der Waals surface area contributed by atoms with Crippen molar-refractivity contribution in [3.63, 3.8) is 0 Å². The van der Waals surface area contributed by atoms with Crippen LogP contribution >= 0.6 is 27.5 Å². The molecule has 0 aliphatic carbocycles. The number of nitrogens with one attached hydrogen (secondary N) is 1. The lowest BCUT2D eigenvalue weighted by atomic mass is 10.2. The number of aryl methyl sites for hydroxylation is 1. The molecule has 0 spiro atoms. The number of sulfonamides is 1.